The summed E-state index contributed by atoms with van der Waals surface area (Å²) in [6, 6.07) is 15.4. The minimum Gasteiger partial charge on any atom is -0.378 e. The molecule has 1 aromatic heterocycles. The van der Waals surface area contributed by atoms with E-state index in [9.17, 15) is 9.59 Å². The molecule has 0 bridgehead atoms. The molecule has 8 heteroatoms. The first kappa shape index (κ1) is 20.6. The van der Waals surface area contributed by atoms with Gasteiger partial charge in [0.2, 0.25) is 23.5 Å². The SMILES string of the molecule is Cc1nc(-c2cccc(N3CC(C(=O)NCc4ccc(N(C)C)cc4)CC3=O)c2)no1. The van der Waals surface area contributed by atoms with Gasteiger partial charge in [-0.05, 0) is 29.8 Å². The van der Waals surface area contributed by atoms with Crippen LogP contribution in [0.2, 0.25) is 0 Å². The van der Waals surface area contributed by atoms with E-state index >= 15 is 0 Å². The van der Waals surface area contributed by atoms with Crippen LogP contribution in [-0.2, 0) is 16.1 Å². The predicted octanol–water partition coefficient (Wildman–Crippen LogP) is 2.78. The lowest BCUT2D eigenvalue weighted by molar-refractivity contribution is -0.126. The molecule has 1 aliphatic rings. The van der Waals surface area contributed by atoms with Crippen LogP contribution in [0.25, 0.3) is 11.4 Å². The minimum absolute atomic E-state index is 0.0723. The molecule has 1 N–H and O–H groups in total. The molecule has 160 valence electrons. The zero-order valence-corrected chi connectivity index (χ0v) is 17.8. The van der Waals surface area contributed by atoms with Gasteiger partial charge in [-0.2, -0.15) is 4.98 Å². The maximum Gasteiger partial charge on any atom is 0.227 e. The summed E-state index contributed by atoms with van der Waals surface area (Å²) in [4.78, 5) is 33.2. The molecule has 1 aliphatic heterocycles. The number of aryl methyl sites for hydroxylation is 1. The largest absolute Gasteiger partial charge is 0.378 e. The van der Waals surface area contributed by atoms with E-state index in [1.165, 1.54) is 0 Å². The molecule has 0 radical (unpaired) electrons. The van der Waals surface area contributed by atoms with Gasteiger partial charge in [0.25, 0.3) is 0 Å². The van der Waals surface area contributed by atoms with Crippen molar-refractivity contribution in [1.82, 2.24) is 15.5 Å². The fraction of sp³-hybridized carbons (Fsp3) is 0.304. The second-order valence-corrected chi connectivity index (χ2v) is 7.87. The number of rotatable bonds is 6. The van der Waals surface area contributed by atoms with Gasteiger partial charge in [-0.15, -0.1) is 0 Å². The van der Waals surface area contributed by atoms with Crippen molar-refractivity contribution in [3.8, 4) is 11.4 Å². The van der Waals surface area contributed by atoms with E-state index < -0.39 is 0 Å². The van der Waals surface area contributed by atoms with E-state index in [1.54, 1.807) is 11.8 Å². The Morgan fingerprint density at radius 1 is 1.23 bits per heavy atom. The molecular weight excluding hydrogens is 394 g/mol. The van der Waals surface area contributed by atoms with E-state index in [4.69, 9.17) is 4.52 Å². The molecule has 0 saturated carbocycles. The van der Waals surface area contributed by atoms with Crippen molar-refractivity contribution in [2.24, 2.45) is 5.92 Å². The number of amides is 2. The molecule has 2 aromatic carbocycles. The maximum atomic E-state index is 12.7. The molecule has 2 heterocycles. The highest BCUT2D eigenvalue weighted by atomic mass is 16.5. The van der Waals surface area contributed by atoms with Gasteiger partial charge >= 0.3 is 0 Å². The molecular formula is C23H25N5O3. The molecule has 2 amide bonds. The van der Waals surface area contributed by atoms with Crippen molar-refractivity contribution in [1.29, 1.82) is 0 Å². The minimum atomic E-state index is -0.385. The Hall–Kier alpha value is -3.68. The Kier molecular flexibility index (Phi) is 5.70. The summed E-state index contributed by atoms with van der Waals surface area (Å²) in [6.07, 6.45) is 0.191. The van der Waals surface area contributed by atoms with Crippen LogP contribution < -0.4 is 15.1 Å². The van der Waals surface area contributed by atoms with E-state index in [1.807, 2.05) is 67.5 Å². The number of benzene rings is 2. The number of hydrogen-bond acceptors (Lipinski definition) is 6. The third-order valence-corrected chi connectivity index (χ3v) is 5.36. The summed E-state index contributed by atoms with van der Waals surface area (Å²) in [7, 11) is 3.97. The summed E-state index contributed by atoms with van der Waals surface area (Å²) in [5.74, 6) is 0.380. The van der Waals surface area contributed by atoms with Crippen LogP contribution >= 0.6 is 0 Å². The number of hydrogen-bond donors (Lipinski definition) is 1. The van der Waals surface area contributed by atoms with Crippen LogP contribution in [0.3, 0.4) is 0 Å². The molecule has 31 heavy (non-hydrogen) atoms. The summed E-state index contributed by atoms with van der Waals surface area (Å²) >= 11 is 0. The van der Waals surface area contributed by atoms with Crippen molar-refractivity contribution < 1.29 is 14.1 Å². The van der Waals surface area contributed by atoms with Crippen molar-refractivity contribution in [3.63, 3.8) is 0 Å². The first-order valence-corrected chi connectivity index (χ1v) is 10.2. The first-order valence-electron chi connectivity index (χ1n) is 10.2. The van der Waals surface area contributed by atoms with Crippen molar-refractivity contribution in [2.45, 2.75) is 19.9 Å². The van der Waals surface area contributed by atoms with Gasteiger partial charge in [0.05, 0.1) is 5.92 Å². The van der Waals surface area contributed by atoms with Gasteiger partial charge in [0.15, 0.2) is 0 Å². The lowest BCUT2D eigenvalue weighted by Gasteiger charge is -2.17. The van der Waals surface area contributed by atoms with Crippen LogP contribution in [0.1, 0.15) is 17.9 Å². The molecule has 4 rings (SSSR count). The molecule has 1 unspecified atom stereocenters. The molecule has 0 spiro atoms. The molecule has 1 saturated heterocycles. The van der Waals surface area contributed by atoms with Crippen LogP contribution in [0.15, 0.2) is 53.1 Å². The number of carbonyl (C=O) groups excluding carboxylic acids is 2. The van der Waals surface area contributed by atoms with Gasteiger partial charge in [-0.3, -0.25) is 9.59 Å². The lowest BCUT2D eigenvalue weighted by atomic mass is 10.1. The second-order valence-electron chi connectivity index (χ2n) is 7.87. The van der Waals surface area contributed by atoms with Gasteiger partial charge < -0.3 is 19.6 Å². The number of nitrogens with one attached hydrogen (secondary N) is 1. The standard InChI is InChI=1S/C23H25N5O3/c1-15-25-22(26-31-15)17-5-4-6-20(11-17)28-14-18(12-21(28)29)23(30)24-13-16-7-9-19(10-8-16)27(2)3/h4-11,18H,12-14H2,1-3H3,(H,24,30). The average molecular weight is 419 g/mol. The number of aromatic nitrogens is 2. The van der Waals surface area contributed by atoms with E-state index in [0.29, 0.717) is 24.8 Å². The Bertz CT molecular complexity index is 1090. The first-order chi connectivity index (χ1) is 14.9. The summed E-state index contributed by atoms with van der Waals surface area (Å²) in [5.41, 5.74) is 3.60. The Labute approximate surface area is 180 Å². The van der Waals surface area contributed by atoms with Crippen molar-refractivity contribution in [2.75, 3.05) is 30.4 Å². The molecule has 0 aliphatic carbocycles. The summed E-state index contributed by atoms with van der Waals surface area (Å²) in [6.45, 7) is 2.51. The van der Waals surface area contributed by atoms with Crippen LogP contribution in [0.5, 0.6) is 0 Å². The third kappa shape index (κ3) is 4.58. The Balaban J connectivity index is 1.39. The van der Waals surface area contributed by atoms with E-state index in [0.717, 1.165) is 22.5 Å². The number of carbonyl (C=O) groups is 2. The van der Waals surface area contributed by atoms with E-state index in [-0.39, 0.29) is 24.2 Å². The highest BCUT2D eigenvalue weighted by Crippen LogP contribution is 2.28. The monoisotopic (exact) mass is 419 g/mol. The van der Waals surface area contributed by atoms with Gasteiger partial charge in [-0.1, -0.05) is 29.4 Å². The zero-order chi connectivity index (χ0) is 22.0. The van der Waals surface area contributed by atoms with Crippen LogP contribution in [0.4, 0.5) is 11.4 Å². The summed E-state index contributed by atoms with van der Waals surface area (Å²) in [5, 5.41) is 6.89. The predicted molar refractivity (Wildman–Crippen MR) is 118 cm³/mol. The van der Waals surface area contributed by atoms with Crippen molar-refractivity contribution >= 4 is 23.2 Å². The Morgan fingerprint density at radius 2 is 2.00 bits per heavy atom. The number of anilines is 2. The normalized spacial score (nSPS) is 15.9. The highest BCUT2D eigenvalue weighted by Gasteiger charge is 2.35. The van der Waals surface area contributed by atoms with E-state index in [2.05, 4.69) is 15.5 Å². The van der Waals surface area contributed by atoms with Gasteiger partial charge in [0, 0.05) is 57.5 Å². The smallest absolute Gasteiger partial charge is 0.227 e. The van der Waals surface area contributed by atoms with Crippen LogP contribution in [-0.4, -0.2) is 42.6 Å². The Morgan fingerprint density at radius 3 is 2.68 bits per heavy atom. The molecule has 1 fully saturated rings. The van der Waals surface area contributed by atoms with Crippen LogP contribution in [0, 0.1) is 12.8 Å². The lowest BCUT2D eigenvalue weighted by Crippen LogP contribution is -2.32. The highest BCUT2D eigenvalue weighted by molar-refractivity contribution is 6.00. The second kappa shape index (κ2) is 8.59. The quantitative estimate of drug-likeness (QED) is 0.661. The van der Waals surface area contributed by atoms with Gasteiger partial charge in [0.1, 0.15) is 0 Å². The number of nitrogens with zero attached hydrogens (tertiary/aromatic N) is 4. The molecule has 1 atom stereocenters. The van der Waals surface area contributed by atoms with Gasteiger partial charge in [-0.25, -0.2) is 0 Å². The maximum absolute atomic E-state index is 12.7. The topological polar surface area (TPSA) is 91.6 Å². The zero-order valence-electron chi connectivity index (χ0n) is 17.8. The summed E-state index contributed by atoms with van der Waals surface area (Å²) < 4.78 is 5.04. The third-order valence-electron chi connectivity index (χ3n) is 5.36. The van der Waals surface area contributed by atoms with Crippen molar-refractivity contribution in [3.05, 3.63) is 60.0 Å². The fourth-order valence-electron chi connectivity index (χ4n) is 3.61. The fourth-order valence-corrected chi connectivity index (χ4v) is 3.61. The molecule has 8 nitrogen and oxygen atoms in total. The molecule has 3 aromatic rings. The average Bonchev–Trinajstić information content (AvgIpc) is 3.38.